The molecule has 1 heterocycles. The van der Waals surface area contributed by atoms with Gasteiger partial charge in [0.25, 0.3) is 17.5 Å². The maximum absolute atomic E-state index is 12.8. The SMILES string of the molecule is Cc1ccccc1N1C(=O)NC(=O)C(=CC=Cc2ccccc2[N+](=O)[O-])C1=O. The van der Waals surface area contributed by atoms with Crippen molar-refractivity contribution in [1.82, 2.24) is 5.32 Å². The zero-order valence-corrected chi connectivity index (χ0v) is 14.8. The molecule has 0 saturated carbocycles. The Labute approximate surface area is 159 Å². The molecule has 0 radical (unpaired) electrons. The maximum atomic E-state index is 12.8. The topological polar surface area (TPSA) is 110 Å². The van der Waals surface area contributed by atoms with Crippen molar-refractivity contribution in [2.75, 3.05) is 4.90 Å². The summed E-state index contributed by atoms with van der Waals surface area (Å²) < 4.78 is 0. The number of anilines is 1. The van der Waals surface area contributed by atoms with Crippen molar-refractivity contribution >= 4 is 35.3 Å². The molecule has 0 unspecified atom stereocenters. The lowest BCUT2D eigenvalue weighted by molar-refractivity contribution is -0.385. The quantitative estimate of drug-likeness (QED) is 0.381. The van der Waals surface area contributed by atoms with Gasteiger partial charge >= 0.3 is 6.03 Å². The van der Waals surface area contributed by atoms with Crippen molar-refractivity contribution < 1.29 is 19.3 Å². The number of nitro groups is 1. The van der Waals surface area contributed by atoms with E-state index in [4.69, 9.17) is 0 Å². The summed E-state index contributed by atoms with van der Waals surface area (Å²) in [7, 11) is 0. The van der Waals surface area contributed by atoms with Crippen molar-refractivity contribution in [2.24, 2.45) is 0 Å². The zero-order valence-electron chi connectivity index (χ0n) is 14.8. The second kappa shape index (κ2) is 7.67. The molecule has 0 bridgehead atoms. The molecule has 3 rings (SSSR count). The average Bonchev–Trinajstić information content (AvgIpc) is 2.66. The Morgan fingerprint density at radius 1 is 1.04 bits per heavy atom. The molecule has 8 nitrogen and oxygen atoms in total. The Balaban J connectivity index is 1.94. The largest absolute Gasteiger partial charge is 0.335 e. The predicted octanol–water partition coefficient (Wildman–Crippen LogP) is 3.13. The van der Waals surface area contributed by atoms with Gasteiger partial charge in [0.2, 0.25) is 0 Å². The predicted molar refractivity (Wildman–Crippen MR) is 102 cm³/mol. The van der Waals surface area contributed by atoms with Crippen LogP contribution in [0.15, 0.2) is 66.3 Å². The van der Waals surface area contributed by atoms with Crippen molar-refractivity contribution in [1.29, 1.82) is 0 Å². The molecule has 0 spiro atoms. The smallest absolute Gasteiger partial charge is 0.273 e. The molecule has 1 fully saturated rings. The highest BCUT2D eigenvalue weighted by Crippen LogP contribution is 2.24. The number of rotatable bonds is 4. The first kappa shape index (κ1) is 18.7. The van der Waals surface area contributed by atoms with E-state index in [0.29, 0.717) is 16.8 Å². The molecule has 1 N–H and O–H groups in total. The minimum atomic E-state index is -0.830. The van der Waals surface area contributed by atoms with Gasteiger partial charge in [-0.2, -0.15) is 0 Å². The van der Waals surface area contributed by atoms with Crippen LogP contribution in [-0.2, 0) is 9.59 Å². The average molecular weight is 377 g/mol. The number of nitro benzene ring substituents is 1. The van der Waals surface area contributed by atoms with Crippen molar-refractivity contribution in [3.63, 3.8) is 0 Å². The van der Waals surface area contributed by atoms with Crippen LogP contribution in [0.25, 0.3) is 6.08 Å². The van der Waals surface area contributed by atoms with Gasteiger partial charge in [-0.25, -0.2) is 9.69 Å². The number of nitrogens with one attached hydrogen (secondary N) is 1. The fraction of sp³-hybridized carbons (Fsp3) is 0.0500. The summed E-state index contributed by atoms with van der Waals surface area (Å²) in [5.74, 6) is -1.60. The Bertz CT molecular complexity index is 1060. The summed E-state index contributed by atoms with van der Waals surface area (Å²) in [4.78, 5) is 48.5. The summed E-state index contributed by atoms with van der Waals surface area (Å²) in [6.07, 6.45) is 4.01. The fourth-order valence-corrected chi connectivity index (χ4v) is 2.75. The summed E-state index contributed by atoms with van der Waals surface area (Å²) in [6.45, 7) is 1.74. The molecule has 2 aromatic carbocycles. The molecule has 0 aliphatic carbocycles. The highest BCUT2D eigenvalue weighted by molar-refractivity contribution is 6.37. The molecule has 1 aliphatic rings. The molecular formula is C20H15N3O5. The number of allylic oxidation sites excluding steroid dienone is 2. The Morgan fingerprint density at radius 2 is 1.71 bits per heavy atom. The van der Waals surface area contributed by atoms with E-state index in [1.807, 2.05) is 0 Å². The first-order valence-corrected chi connectivity index (χ1v) is 8.27. The molecule has 1 saturated heterocycles. The van der Waals surface area contributed by atoms with Gasteiger partial charge in [-0.1, -0.05) is 36.4 Å². The van der Waals surface area contributed by atoms with E-state index in [9.17, 15) is 24.5 Å². The summed E-state index contributed by atoms with van der Waals surface area (Å²) in [6, 6.07) is 12.0. The van der Waals surface area contributed by atoms with Crippen LogP contribution in [0.2, 0.25) is 0 Å². The summed E-state index contributed by atoms with van der Waals surface area (Å²) in [5.41, 5.74) is 1.02. The monoisotopic (exact) mass is 377 g/mol. The molecule has 4 amide bonds. The molecule has 140 valence electrons. The third-order valence-electron chi connectivity index (χ3n) is 4.13. The molecular weight excluding hydrogens is 362 g/mol. The lowest BCUT2D eigenvalue weighted by Crippen LogP contribution is -2.54. The van der Waals surface area contributed by atoms with Crippen LogP contribution < -0.4 is 10.2 Å². The van der Waals surface area contributed by atoms with Crippen molar-refractivity contribution in [2.45, 2.75) is 6.92 Å². The van der Waals surface area contributed by atoms with Gasteiger partial charge in [0, 0.05) is 6.07 Å². The highest BCUT2D eigenvalue weighted by Gasteiger charge is 2.36. The van der Waals surface area contributed by atoms with E-state index >= 15 is 0 Å². The number of amides is 4. The normalized spacial score (nSPS) is 16.0. The number of aryl methyl sites for hydroxylation is 1. The molecule has 8 heteroatoms. The summed E-state index contributed by atoms with van der Waals surface area (Å²) >= 11 is 0. The van der Waals surface area contributed by atoms with Crippen LogP contribution in [0.4, 0.5) is 16.2 Å². The fourth-order valence-electron chi connectivity index (χ4n) is 2.75. The van der Waals surface area contributed by atoms with Crippen molar-refractivity contribution in [3.05, 3.63) is 87.5 Å². The second-order valence-corrected chi connectivity index (χ2v) is 5.94. The Hall–Kier alpha value is -4.07. The number of hydrogen-bond acceptors (Lipinski definition) is 5. The second-order valence-electron chi connectivity index (χ2n) is 5.94. The van der Waals surface area contributed by atoms with Gasteiger partial charge in [-0.15, -0.1) is 0 Å². The van der Waals surface area contributed by atoms with Crippen LogP contribution in [0.3, 0.4) is 0 Å². The maximum Gasteiger partial charge on any atom is 0.335 e. The number of hydrogen-bond donors (Lipinski definition) is 1. The van der Waals surface area contributed by atoms with E-state index < -0.39 is 22.8 Å². The van der Waals surface area contributed by atoms with Crippen LogP contribution >= 0.6 is 0 Å². The number of nitrogens with zero attached hydrogens (tertiary/aromatic N) is 2. The number of para-hydroxylation sites is 2. The van der Waals surface area contributed by atoms with Gasteiger partial charge in [-0.05, 0) is 36.8 Å². The lowest BCUT2D eigenvalue weighted by Gasteiger charge is -2.27. The number of imide groups is 2. The number of urea groups is 1. The van der Waals surface area contributed by atoms with E-state index in [2.05, 4.69) is 5.32 Å². The Kier molecular flexibility index (Phi) is 5.12. The van der Waals surface area contributed by atoms with E-state index in [1.54, 1.807) is 43.3 Å². The van der Waals surface area contributed by atoms with Crippen molar-refractivity contribution in [3.8, 4) is 0 Å². The first-order valence-electron chi connectivity index (χ1n) is 8.27. The molecule has 0 atom stereocenters. The van der Waals surface area contributed by atoms with Gasteiger partial charge in [0.15, 0.2) is 0 Å². The van der Waals surface area contributed by atoms with Crippen LogP contribution in [0.5, 0.6) is 0 Å². The molecule has 1 aliphatic heterocycles. The van der Waals surface area contributed by atoms with Gasteiger partial charge in [0.1, 0.15) is 5.57 Å². The van der Waals surface area contributed by atoms with Gasteiger partial charge in [0.05, 0.1) is 16.2 Å². The minimum Gasteiger partial charge on any atom is -0.273 e. The summed E-state index contributed by atoms with van der Waals surface area (Å²) in [5, 5.41) is 13.2. The zero-order chi connectivity index (χ0) is 20.3. The van der Waals surface area contributed by atoms with E-state index in [0.717, 1.165) is 4.90 Å². The first-order chi connectivity index (χ1) is 13.4. The number of barbiturate groups is 1. The van der Waals surface area contributed by atoms with Gasteiger partial charge in [-0.3, -0.25) is 25.0 Å². The van der Waals surface area contributed by atoms with E-state index in [-0.39, 0.29) is 11.3 Å². The van der Waals surface area contributed by atoms with E-state index in [1.165, 1.54) is 30.4 Å². The molecule has 2 aromatic rings. The van der Waals surface area contributed by atoms with Gasteiger partial charge < -0.3 is 0 Å². The highest BCUT2D eigenvalue weighted by atomic mass is 16.6. The third-order valence-corrected chi connectivity index (χ3v) is 4.13. The number of carbonyl (C=O) groups excluding carboxylic acids is 3. The Morgan fingerprint density at radius 3 is 2.43 bits per heavy atom. The molecule has 28 heavy (non-hydrogen) atoms. The number of carbonyl (C=O) groups is 3. The lowest BCUT2D eigenvalue weighted by atomic mass is 10.1. The minimum absolute atomic E-state index is 0.103. The van der Waals surface area contributed by atoms with Crippen LogP contribution in [0, 0.1) is 17.0 Å². The molecule has 0 aromatic heterocycles. The standard InChI is InChI=1S/C20H15N3O5/c1-13-7-2-4-11-16(13)22-19(25)15(18(24)21-20(22)26)10-6-9-14-8-3-5-12-17(14)23(27)28/h2-12H,1H3,(H,21,24,26). The third kappa shape index (κ3) is 3.56. The van der Waals surface area contributed by atoms with Crippen LogP contribution in [0.1, 0.15) is 11.1 Å². The number of benzene rings is 2. The van der Waals surface area contributed by atoms with Crippen LogP contribution in [-0.4, -0.2) is 22.8 Å².